The number of hydrogen-bond donors (Lipinski definition) is 2. The number of aromatic nitrogens is 6. The van der Waals surface area contributed by atoms with E-state index >= 15 is 0 Å². The van der Waals surface area contributed by atoms with Gasteiger partial charge in [0.25, 0.3) is 0 Å². The molecule has 14 heteroatoms. The van der Waals surface area contributed by atoms with E-state index in [1.165, 1.54) is 0 Å². The maximum atomic E-state index is 13.4. The molecule has 1 fully saturated rings. The highest BCUT2D eigenvalue weighted by Crippen LogP contribution is 2.42. The highest BCUT2D eigenvalue weighted by molar-refractivity contribution is 9.10. The van der Waals surface area contributed by atoms with Crippen LogP contribution >= 0.6 is 23.1 Å². The van der Waals surface area contributed by atoms with E-state index in [9.17, 15) is 4.57 Å². The van der Waals surface area contributed by atoms with Gasteiger partial charge in [0, 0.05) is 56.6 Å². The van der Waals surface area contributed by atoms with Crippen LogP contribution in [0, 0.1) is 0 Å². The van der Waals surface area contributed by atoms with E-state index in [1.807, 2.05) is 42.1 Å². The normalized spacial score (nSPS) is 13.7. The van der Waals surface area contributed by atoms with Gasteiger partial charge in [0.05, 0.1) is 64.7 Å². The zero-order valence-electron chi connectivity index (χ0n) is 24.2. The van der Waals surface area contributed by atoms with Crippen molar-refractivity contribution in [2.75, 3.05) is 62.3 Å². The zero-order valence-corrected chi connectivity index (χ0v) is 26.7. The van der Waals surface area contributed by atoms with Crippen molar-refractivity contribution in [3.63, 3.8) is 0 Å². The number of imidazole rings is 1. The molecule has 3 aromatic heterocycles. The Morgan fingerprint density at radius 2 is 1.81 bits per heavy atom. The standard InChI is InChI=1S/C29H31BrN9O3P/c1-38-16-23(34-17-38)18-13-22(25(41-2)14-24(18)39-9-11-42-12-10-39)36-29-33-15-19(30)28(37-29)35-21-6-5-20-26(32-8-7-31-20)27(21)43(3,4)40/h5-8,13-17H,9-12H2,1-4H3,(H2,33,35,36,37). The SMILES string of the molecule is COc1cc(N2CCOCC2)c(-c2cn(C)cn2)cc1Nc1ncc(Br)c(Nc2ccc3nccnc3c2P(C)(C)=O)n1. The summed E-state index contributed by atoms with van der Waals surface area (Å²) in [6, 6.07) is 7.71. The molecule has 12 nitrogen and oxygen atoms in total. The monoisotopic (exact) mass is 663 g/mol. The third kappa shape index (κ3) is 6.06. The van der Waals surface area contributed by atoms with Crippen molar-refractivity contribution in [3.05, 3.63) is 59.9 Å². The van der Waals surface area contributed by atoms with Crippen LogP contribution in [0.1, 0.15) is 0 Å². The summed E-state index contributed by atoms with van der Waals surface area (Å²) in [5.74, 6) is 1.47. The van der Waals surface area contributed by atoms with Crippen LogP contribution in [0.25, 0.3) is 22.3 Å². The van der Waals surface area contributed by atoms with Crippen LogP contribution in [-0.2, 0) is 16.3 Å². The number of anilines is 5. The molecule has 1 aliphatic rings. The van der Waals surface area contributed by atoms with Gasteiger partial charge < -0.3 is 34.1 Å². The third-order valence-electron chi connectivity index (χ3n) is 7.05. The summed E-state index contributed by atoms with van der Waals surface area (Å²) in [6.45, 7) is 6.29. The minimum atomic E-state index is -2.76. The molecule has 0 aliphatic carbocycles. The van der Waals surface area contributed by atoms with E-state index in [1.54, 1.807) is 45.4 Å². The number of nitrogens with zero attached hydrogens (tertiary/aromatic N) is 7. The molecule has 0 amide bonds. The van der Waals surface area contributed by atoms with Gasteiger partial charge >= 0.3 is 0 Å². The van der Waals surface area contributed by atoms with Crippen LogP contribution in [0.5, 0.6) is 5.75 Å². The molecular weight excluding hydrogens is 633 g/mol. The predicted octanol–water partition coefficient (Wildman–Crippen LogP) is 5.16. The van der Waals surface area contributed by atoms with Gasteiger partial charge in [0.2, 0.25) is 5.95 Å². The second-order valence-corrected chi connectivity index (χ2v) is 14.5. The smallest absolute Gasteiger partial charge is 0.229 e. The number of methoxy groups -OCH3 is 1. The molecular formula is C29H31BrN9O3P. The van der Waals surface area contributed by atoms with E-state index in [-0.39, 0.29) is 0 Å². The van der Waals surface area contributed by atoms with Crippen LogP contribution in [0.4, 0.5) is 28.8 Å². The minimum absolute atomic E-state index is 0.341. The third-order valence-corrected chi connectivity index (χ3v) is 9.16. The number of aryl methyl sites for hydroxylation is 1. The summed E-state index contributed by atoms with van der Waals surface area (Å²) in [6.07, 6.45) is 8.65. The second-order valence-electron chi connectivity index (χ2n) is 10.5. The largest absolute Gasteiger partial charge is 0.494 e. The van der Waals surface area contributed by atoms with Gasteiger partial charge in [-0.15, -0.1) is 0 Å². The van der Waals surface area contributed by atoms with Crippen molar-refractivity contribution in [1.82, 2.24) is 29.5 Å². The van der Waals surface area contributed by atoms with E-state index in [2.05, 4.69) is 51.4 Å². The maximum Gasteiger partial charge on any atom is 0.229 e. The summed E-state index contributed by atoms with van der Waals surface area (Å²) in [5.41, 5.74) is 5.38. The maximum absolute atomic E-state index is 13.4. The topological polar surface area (TPSA) is 132 Å². The van der Waals surface area contributed by atoms with Gasteiger partial charge in [-0.1, -0.05) is 0 Å². The molecule has 0 radical (unpaired) electrons. The van der Waals surface area contributed by atoms with Crippen molar-refractivity contribution in [2.24, 2.45) is 7.05 Å². The molecule has 0 saturated carbocycles. The molecule has 2 aromatic carbocycles. The summed E-state index contributed by atoms with van der Waals surface area (Å²) >= 11 is 3.56. The first-order valence-electron chi connectivity index (χ1n) is 13.6. The molecule has 2 N–H and O–H groups in total. The van der Waals surface area contributed by atoms with Crippen LogP contribution in [0.15, 0.2) is 59.9 Å². The Labute approximate surface area is 257 Å². The molecule has 5 aromatic rings. The molecule has 0 bridgehead atoms. The molecule has 4 heterocycles. The Bertz CT molecular complexity index is 1850. The highest BCUT2D eigenvalue weighted by atomic mass is 79.9. The van der Waals surface area contributed by atoms with Crippen molar-refractivity contribution in [1.29, 1.82) is 0 Å². The predicted molar refractivity (Wildman–Crippen MR) is 173 cm³/mol. The average Bonchev–Trinajstić information content (AvgIpc) is 3.44. The Morgan fingerprint density at radius 1 is 1.02 bits per heavy atom. The van der Waals surface area contributed by atoms with Crippen molar-refractivity contribution in [3.8, 4) is 17.0 Å². The lowest BCUT2D eigenvalue weighted by atomic mass is 10.1. The summed E-state index contributed by atoms with van der Waals surface area (Å²) in [7, 11) is 0.826. The first kappa shape index (κ1) is 29.0. The molecule has 1 aliphatic heterocycles. The van der Waals surface area contributed by atoms with Crippen LogP contribution in [-0.4, -0.2) is 76.2 Å². The highest BCUT2D eigenvalue weighted by Gasteiger charge is 2.24. The fraction of sp³-hybridized carbons (Fsp3) is 0.276. The zero-order chi connectivity index (χ0) is 30.1. The Balaban J connectivity index is 1.38. The van der Waals surface area contributed by atoms with Gasteiger partial charge in [-0.05, 0) is 47.5 Å². The van der Waals surface area contributed by atoms with E-state index in [4.69, 9.17) is 14.5 Å². The molecule has 43 heavy (non-hydrogen) atoms. The van der Waals surface area contributed by atoms with E-state index in [0.29, 0.717) is 62.9 Å². The summed E-state index contributed by atoms with van der Waals surface area (Å²) in [5, 5.41) is 7.29. The van der Waals surface area contributed by atoms with Crippen LogP contribution in [0.2, 0.25) is 0 Å². The number of benzene rings is 2. The summed E-state index contributed by atoms with van der Waals surface area (Å²) < 4.78 is 27.4. The lowest BCUT2D eigenvalue weighted by molar-refractivity contribution is 0.122. The molecule has 0 unspecified atom stereocenters. The first-order chi connectivity index (χ1) is 20.7. The number of nitrogens with one attached hydrogen (secondary N) is 2. The van der Waals surface area contributed by atoms with Gasteiger partial charge in [-0.2, -0.15) is 4.98 Å². The Kier molecular flexibility index (Phi) is 8.04. The first-order valence-corrected chi connectivity index (χ1v) is 17.0. The van der Waals surface area contributed by atoms with Crippen LogP contribution in [0.3, 0.4) is 0 Å². The molecule has 0 atom stereocenters. The molecule has 0 spiro atoms. The molecule has 1 saturated heterocycles. The van der Waals surface area contributed by atoms with Gasteiger partial charge in [-0.25, -0.2) is 9.97 Å². The number of halogens is 1. The van der Waals surface area contributed by atoms with Gasteiger partial charge in [-0.3, -0.25) is 9.97 Å². The van der Waals surface area contributed by atoms with Crippen molar-refractivity contribution in [2.45, 2.75) is 0 Å². The van der Waals surface area contributed by atoms with Gasteiger partial charge in [0.15, 0.2) is 0 Å². The average molecular weight is 665 g/mol. The lowest BCUT2D eigenvalue weighted by Crippen LogP contribution is -2.36. The fourth-order valence-electron chi connectivity index (χ4n) is 5.09. The number of hydrogen-bond acceptors (Lipinski definition) is 11. The lowest BCUT2D eigenvalue weighted by Gasteiger charge is -2.31. The van der Waals surface area contributed by atoms with E-state index < -0.39 is 7.14 Å². The number of morpholine rings is 1. The number of rotatable bonds is 8. The minimum Gasteiger partial charge on any atom is -0.494 e. The fourth-order valence-corrected chi connectivity index (χ4v) is 6.77. The Morgan fingerprint density at radius 3 is 2.53 bits per heavy atom. The van der Waals surface area contributed by atoms with Crippen molar-refractivity contribution >= 4 is 68.2 Å². The van der Waals surface area contributed by atoms with E-state index in [0.717, 1.165) is 30.0 Å². The number of fused-ring (bicyclic) bond motifs is 1. The Hall–Kier alpha value is -4.06. The van der Waals surface area contributed by atoms with Crippen LogP contribution < -0.4 is 25.6 Å². The quantitative estimate of drug-likeness (QED) is 0.213. The van der Waals surface area contributed by atoms with Gasteiger partial charge in [0.1, 0.15) is 24.2 Å². The van der Waals surface area contributed by atoms with Crippen molar-refractivity contribution < 1.29 is 14.0 Å². The summed E-state index contributed by atoms with van der Waals surface area (Å²) in [4.78, 5) is 25.0. The second kappa shape index (κ2) is 11.9. The number of ether oxygens (including phenoxy) is 2. The molecule has 6 rings (SSSR count). The molecule has 222 valence electrons.